The average Bonchev–Trinajstić information content (AvgIpc) is 3.07. The maximum absolute atomic E-state index is 14.1. The Labute approximate surface area is 281 Å². The molecule has 1 amide bonds. The van der Waals surface area contributed by atoms with Gasteiger partial charge in [-0.2, -0.15) is 0 Å². The number of carbonyl (C=O) groups excluding carboxylic acids is 1. The highest BCUT2D eigenvalue weighted by molar-refractivity contribution is 5.94. The normalized spacial score (nSPS) is 13.4. The third-order valence-electron chi connectivity index (χ3n) is 7.70. The topological polar surface area (TPSA) is 32.8 Å². The van der Waals surface area contributed by atoms with Crippen molar-refractivity contribution in [3.8, 4) is 28.7 Å². The van der Waals surface area contributed by atoms with Gasteiger partial charge < -0.3 is 14.5 Å². The van der Waals surface area contributed by atoms with E-state index >= 15 is 0 Å². The van der Waals surface area contributed by atoms with E-state index in [2.05, 4.69) is 107 Å². The minimum atomic E-state index is -0.0897. The van der Waals surface area contributed by atoms with Gasteiger partial charge in [-0.05, 0) is 99.5 Å². The van der Waals surface area contributed by atoms with E-state index < -0.39 is 0 Å². The number of methoxy groups -OCH3 is 1. The van der Waals surface area contributed by atoms with Crippen molar-refractivity contribution in [2.24, 2.45) is 11.3 Å². The molecule has 1 fully saturated rings. The fraction of sp³-hybridized carbons (Fsp3) is 0.500. The van der Waals surface area contributed by atoms with Crippen LogP contribution in [0.2, 0.25) is 0 Å². The van der Waals surface area contributed by atoms with Gasteiger partial charge in [-0.25, -0.2) is 0 Å². The van der Waals surface area contributed by atoms with E-state index in [0.29, 0.717) is 18.0 Å². The molecule has 0 N–H and O–H groups in total. The summed E-state index contributed by atoms with van der Waals surface area (Å²) in [5.41, 5.74) is 4.95. The number of hydrogen-bond donors (Lipinski definition) is 0. The third kappa shape index (κ3) is 13.1. The van der Waals surface area contributed by atoms with Gasteiger partial charge in [0.2, 0.25) is 0 Å². The fourth-order valence-corrected chi connectivity index (χ4v) is 5.20. The SMILES string of the molecule is CC.CCC.COc1ccc(-c2ccc(CN(C(=O)c3cccc(C#CC(C)(C)C)c3)C3CCN(CCC(C)C)CC3)cc2)cc1. The molecule has 0 unspecified atom stereocenters. The van der Waals surface area contributed by atoms with Crippen molar-refractivity contribution in [3.63, 3.8) is 0 Å². The molecule has 1 saturated heterocycles. The van der Waals surface area contributed by atoms with E-state index in [1.54, 1.807) is 7.11 Å². The van der Waals surface area contributed by atoms with E-state index in [1.165, 1.54) is 12.8 Å². The lowest BCUT2D eigenvalue weighted by Gasteiger charge is -2.39. The highest BCUT2D eigenvalue weighted by Crippen LogP contribution is 2.26. The monoisotopic (exact) mass is 624 g/mol. The number of likely N-dealkylation sites (tertiary alicyclic amines) is 1. The average molecular weight is 625 g/mol. The Hall–Kier alpha value is -3.55. The van der Waals surface area contributed by atoms with Gasteiger partial charge in [0.05, 0.1) is 7.11 Å². The molecule has 1 heterocycles. The zero-order chi connectivity index (χ0) is 34.1. The van der Waals surface area contributed by atoms with E-state index in [1.807, 2.05) is 50.2 Å². The highest BCUT2D eigenvalue weighted by atomic mass is 16.5. The number of rotatable bonds is 9. The van der Waals surface area contributed by atoms with Gasteiger partial charge >= 0.3 is 0 Å². The summed E-state index contributed by atoms with van der Waals surface area (Å²) in [6.07, 6.45) is 4.46. The zero-order valence-electron chi connectivity index (χ0n) is 30.5. The van der Waals surface area contributed by atoms with Crippen LogP contribution in [0.1, 0.15) is 109 Å². The smallest absolute Gasteiger partial charge is 0.254 e. The quantitative estimate of drug-likeness (QED) is 0.222. The van der Waals surface area contributed by atoms with Gasteiger partial charge in [-0.1, -0.05) is 102 Å². The molecular weight excluding hydrogens is 564 g/mol. The molecule has 4 rings (SSSR count). The molecule has 3 aromatic rings. The fourth-order valence-electron chi connectivity index (χ4n) is 5.20. The molecule has 0 bridgehead atoms. The van der Waals surface area contributed by atoms with Crippen LogP contribution in [0.3, 0.4) is 0 Å². The summed E-state index contributed by atoms with van der Waals surface area (Å²) >= 11 is 0. The van der Waals surface area contributed by atoms with Crippen LogP contribution in [0.15, 0.2) is 72.8 Å². The Kier molecular flexibility index (Phi) is 16.7. The van der Waals surface area contributed by atoms with Crippen molar-refractivity contribution in [2.75, 3.05) is 26.7 Å². The van der Waals surface area contributed by atoms with E-state index in [4.69, 9.17) is 4.74 Å². The first-order valence-electron chi connectivity index (χ1n) is 17.4. The molecule has 46 heavy (non-hydrogen) atoms. The highest BCUT2D eigenvalue weighted by Gasteiger charge is 2.29. The predicted octanol–water partition coefficient (Wildman–Crippen LogP) is 10.4. The molecule has 1 aliphatic rings. The van der Waals surface area contributed by atoms with Gasteiger partial charge in [0.15, 0.2) is 0 Å². The Morgan fingerprint density at radius 1 is 0.935 bits per heavy atom. The maximum Gasteiger partial charge on any atom is 0.254 e. The second kappa shape index (κ2) is 19.9. The van der Waals surface area contributed by atoms with Crippen LogP contribution in [0.4, 0.5) is 0 Å². The van der Waals surface area contributed by atoms with Crippen LogP contribution in [-0.4, -0.2) is 48.5 Å². The summed E-state index contributed by atoms with van der Waals surface area (Å²) in [6, 6.07) is 24.8. The molecule has 0 radical (unpaired) electrons. The number of nitrogens with zero attached hydrogens (tertiary/aromatic N) is 2. The van der Waals surface area contributed by atoms with Gasteiger partial charge in [-0.3, -0.25) is 4.79 Å². The Balaban J connectivity index is 0.00000139. The van der Waals surface area contributed by atoms with E-state index in [-0.39, 0.29) is 17.4 Å². The molecule has 3 aromatic carbocycles. The second-order valence-corrected chi connectivity index (χ2v) is 13.4. The molecule has 0 aromatic heterocycles. The first-order valence-corrected chi connectivity index (χ1v) is 17.4. The van der Waals surface area contributed by atoms with Crippen LogP contribution in [0, 0.1) is 23.2 Å². The minimum Gasteiger partial charge on any atom is -0.497 e. The van der Waals surface area contributed by atoms with Crippen molar-refractivity contribution < 1.29 is 9.53 Å². The van der Waals surface area contributed by atoms with Crippen LogP contribution < -0.4 is 4.74 Å². The number of amides is 1. The largest absolute Gasteiger partial charge is 0.497 e. The molecule has 0 spiro atoms. The predicted molar refractivity (Wildman–Crippen MR) is 197 cm³/mol. The van der Waals surface area contributed by atoms with Crippen molar-refractivity contribution in [3.05, 3.63) is 89.5 Å². The molecule has 250 valence electrons. The van der Waals surface area contributed by atoms with Gasteiger partial charge in [-0.15, -0.1) is 0 Å². The van der Waals surface area contributed by atoms with Gasteiger partial charge in [0, 0.05) is 42.2 Å². The lowest BCUT2D eigenvalue weighted by Crippen LogP contribution is -2.47. The van der Waals surface area contributed by atoms with Gasteiger partial charge in [0.25, 0.3) is 5.91 Å². The summed E-state index contributed by atoms with van der Waals surface area (Å²) in [6.45, 7) is 22.9. The molecular formula is C42H60N2O2. The van der Waals surface area contributed by atoms with Crippen LogP contribution in [0.25, 0.3) is 11.1 Å². The summed E-state index contributed by atoms with van der Waals surface area (Å²) < 4.78 is 5.30. The second-order valence-electron chi connectivity index (χ2n) is 13.4. The third-order valence-corrected chi connectivity index (χ3v) is 7.70. The number of hydrogen-bond acceptors (Lipinski definition) is 3. The van der Waals surface area contributed by atoms with Crippen LogP contribution >= 0.6 is 0 Å². The molecule has 0 atom stereocenters. The van der Waals surface area contributed by atoms with Crippen molar-refractivity contribution in [1.82, 2.24) is 9.80 Å². The van der Waals surface area contributed by atoms with E-state index in [9.17, 15) is 4.79 Å². The molecule has 1 aliphatic heterocycles. The molecule has 4 heteroatoms. The van der Waals surface area contributed by atoms with Crippen LogP contribution in [-0.2, 0) is 6.54 Å². The van der Waals surface area contributed by atoms with Crippen LogP contribution in [0.5, 0.6) is 5.75 Å². The lowest BCUT2D eigenvalue weighted by molar-refractivity contribution is 0.0546. The lowest BCUT2D eigenvalue weighted by atomic mass is 9.97. The number of ether oxygens (including phenoxy) is 1. The molecule has 0 aliphatic carbocycles. The first-order chi connectivity index (χ1) is 22.0. The summed E-state index contributed by atoms with van der Waals surface area (Å²) in [7, 11) is 1.68. The number of piperidine rings is 1. The molecule has 0 saturated carbocycles. The van der Waals surface area contributed by atoms with Crippen molar-refractivity contribution in [2.45, 2.75) is 101 Å². The maximum atomic E-state index is 14.1. The first kappa shape index (κ1) is 38.6. The van der Waals surface area contributed by atoms with Gasteiger partial charge in [0.1, 0.15) is 5.75 Å². The Morgan fingerprint density at radius 3 is 2.02 bits per heavy atom. The minimum absolute atomic E-state index is 0.0873. The summed E-state index contributed by atoms with van der Waals surface area (Å²) in [4.78, 5) is 18.8. The number of carbonyl (C=O) groups is 1. The number of benzene rings is 3. The molecule has 4 nitrogen and oxygen atoms in total. The van der Waals surface area contributed by atoms with Crippen molar-refractivity contribution >= 4 is 5.91 Å². The summed E-state index contributed by atoms with van der Waals surface area (Å²) in [5.74, 6) is 8.22. The Morgan fingerprint density at radius 2 is 1.50 bits per heavy atom. The standard InChI is InChI=1S/C37H46N2O2.C3H8.C2H6/c1-28(2)19-23-38-24-20-34(21-25-38)39(36(40)33-9-7-8-29(26-33)18-22-37(3,4)5)27-30-10-12-31(13-11-30)32-14-16-35(41-6)17-15-32;1-3-2;1-2/h7-17,26,28,34H,19-21,23-25,27H2,1-6H3;3H2,1-2H3;1-2H3. The van der Waals surface area contributed by atoms with Crippen molar-refractivity contribution in [1.29, 1.82) is 0 Å². The summed E-state index contributed by atoms with van der Waals surface area (Å²) in [5, 5.41) is 0. The zero-order valence-corrected chi connectivity index (χ0v) is 30.5. The van der Waals surface area contributed by atoms with E-state index in [0.717, 1.165) is 60.5 Å². The Bertz CT molecular complexity index is 1350.